The summed E-state index contributed by atoms with van der Waals surface area (Å²) < 4.78 is 0. The quantitative estimate of drug-likeness (QED) is 0.880. The Morgan fingerprint density at radius 1 is 0.684 bits per heavy atom. The maximum absolute atomic E-state index is 10.7. The van der Waals surface area contributed by atoms with E-state index in [0.29, 0.717) is 11.4 Å². The highest BCUT2D eigenvalue weighted by atomic mass is 16.4. The fourth-order valence-corrected chi connectivity index (χ4v) is 1.51. The first-order valence-corrected chi connectivity index (χ1v) is 5.45. The van der Waals surface area contributed by atoms with E-state index in [1.807, 2.05) is 0 Å². The second-order valence-corrected chi connectivity index (χ2v) is 3.82. The van der Waals surface area contributed by atoms with Gasteiger partial charge in [-0.25, -0.2) is 14.9 Å². The minimum atomic E-state index is -0.989. The summed E-state index contributed by atoms with van der Waals surface area (Å²) in [5, 5.41) is 21.8. The summed E-state index contributed by atoms with van der Waals surface area (Å²) in [5.41, 5.74) is 1.60. The summed E-state index contributed by atoms with van der Waals surface area (Å²) in [6.07, 6.45) is 0. The molecule has 0 aromatic heterocycles. The van der Waals surface area contributed by atoms with Crippen LogP contribution >= 0.6 is 0 Å². The molecule has 5 nitrogen and oxygen atoms in total. The third-order valence-electron chi connectivity index (χ3n) is 2.49. The highest BCUT2D eigenvalue weighted by Crippen LogP contribution is 2.18. The molecule has 2 aromatic carbocycles. The Kier molecular flexibility index (Phi) is 3.47. The molecule has 0 aliphatic rings. The van der Waals surface area contributed by atoms with Gasteiger partial charge in [-0.2, -0.15) is 0 Å². The molecule has 0 atom stereocenters. The van der Waals surface area contributed by atoms with Gasteiger partial charge in [0, 0.05) is 0 Å². The third kappa shape index (κ3) is 3.10. The molecule has 0 aliphatic carbocycles. The van der Waals surface area contributed by atoms with E-state index in [-0.39, 0.29) is 11.1 Å². The molecule has 0 unspecified atom stereocenters. The monoisotopic (exact) mass is 256 g/mol. The molecule has 19 heavy (non-hydrogen) atoms. The van der Waals surface area contributed by atoms with Crippen molar-refractivity contribution in [1.82, 2.24) is 5.32 Å². The number of aromatic carboxylic acids is 2. The number of carbonyl (C=O) groups is 2. The van der Waals surface area contributed by atoms with E-state index in [1.54, 1.807) is 24.3 Å². The van der Waals surface area contributed by atoms with E-state index in [4.69, 9.17) is 10.2 Å². The SMILES string of the molecule is O=C(O)c1ccc([N]c2ccc(C(=O)O)cc2)cc1. The summed E-state index contributed by atoms with van der Waals surface area (Å²) in [7, 11) is 0. The lowest BCUT2D eigenvalue weighted by atomic mass is 10.2. The van der Waals surface area contributed by atoms with Gasteiger partial charge in [0.2, 0.25) is 0 Å². The molecule has 95 valence electrons. The maximum Gasteiger partial charge on any atom is 0.335 e. The summed E-state index contributed by atoms with van der Waals surface area (Å²) in [6, 6.07) is 12.2. The van der Waals surface area contributed by atoms with Crippen molar-refractivity contribution in [2.45, 2.75) is 0 Å². The van der Waals surface area contributed by atoms with E-state index < -0.39 is 11.9 Å². The van der Waals surface area contributed by atoms with Crippen molar-refractivity contribution in [2.24, 2.45) is 0 Å². The Morgan fingerprint density at radius 2 is 1.00 bits per heavy atom. The van der Waals surface area contributed by atoms with Crippen LogP contribution in [-0.4, -0.2) is 22.2 Å². The van der Waals surface area contributed by atoms with Crippen molar-refractivity contribution in [3.05, 3.63) is 59.7 Å². The van der Waals surface area contributed by atoms with Crippen LogP contribution in [0.3, 0.4) is 0 Å². The first-order valence-electron chi connectivity index (χ1n) is 5.45. The van der Waals surface area contributed by atoms with Crippen molar-refractivity contribution in [1.29, 1.82) is 0 Å². The van der Waals surface area contributed by atoms with Crippen molar-refractivity contribution in [2.75, 3.05) is 0 Å². The predicted molar refractivity (Wildman–Crippen MR) is 68.3 cm³/mol. The van der Waals surface area contributed by atoms with Crippen molar-refractivity contribution < 1.29 is 19.8 Å². The molecule has 0 aliphatic heterocycles. The zero-order valence-corrected chi connectivity index (χ0v) is 9.78. The van der Waals surface area contributed by atoms with Crippen LogP contribution in [0.15, 0.2) is 48.5 Å². The largest absolute Gasteiger partial charge is 0.478 e. The Morgan fingerprint density at radius 3 is 1.26 bits per heavy atom. The average Bonchev–Trinajstić information content (AvgIpc) is 2.40. The number of carboxylic acid groups (broad SMARTS) is 2. The van der Waals surface area contributed by atoms with Crippen LogP contribution in [0, 0.1) is 0 Å². The minimum absolute atomic E-state index is 0.195. The van der Waals surface area contributed by atoms with Crippen LogP contribution in [0.2, 0.25) is 0 Å². The second kappa shape index (κ2) is 5.22. The summed E-state index contributed by atoms with van der Waals surface area (Å²) in [4.78, 5) is 21.4. The van der Waals surface area contributed by atoms with Gasteiger partial charge in [-0.05, 0) is 48.5 Å². The van der Waals surface area contributed by atoms with Crippen LogP contribution in [0.25, 0.3) is 0 Å². The van der Waals surface area contributed by atoms with Gasteiger partial charge in [-0.15, -0.1) is 0 Å². The smallest absolute Gasteiger partial charge is 0.335 e. The molecule has 2 rings (SSSR count). The lowest BCUT2D eigenvalue weighted by Gasteiger charge is -2.03. The van der Waals surface area contributed by atoms with Crippen molar-refractivity contribution in [3.63, 3.8) is 0 Å². The molecule has 1 radical (unpaired) electrons. The number of hydrogen-bond acceptors (Lipinski definition) is 2. The summed E-state index contributed by atoms with van der Waals surface area (Å²) in [6.45, 7) is 0. The fraction of sp³-hybridized carbons (Fsp3) is 0. The molecular formula is C14H10NO4. The Hall–Kier alpha value is -2.82. The van der Waals surface area contributed by atoms with Gasteiger partial charge in [0.15, 0.2) is 0 Å². The van der Waals surface area contributed by atoms with Gasteiger partial charge >= 0.3 is 11.9 Å². The second-order valence-electron chi connectivity index (χ2n) is 3.82. The maximum atomic E-state index is 10.7. The molecule has 0 saturated heterocycles. The molecular weight excluding hydrogens is 246 g/mol. The van der Waals surface area contributed by atoms with Gasteiger partial charge in [-0.3, -0.25) is 0 Å². The summed E-state index contributed by atoms with van der Waals surface area (Å²) >= 11 is 0. The van der Waals surface area contributed by atoms with Gasteiger partial charge in [0.25, 0.3) is 0 Å². The molecule has 2 N–H and O–H groups in total. The molecule has 0 heterocycles. The van der Waals surface area contributed by atoms with E-state index in [9.17, 15) is 9.59 Å². The van der Waals surface area contributed by atoms with Crippen molar-refractivity contribution in [3.8, 4) is 0 Å². The standard InChI is InChI=1S/C14H10NO4/c16-13(17)9-1-5-11(6-2-9)15-12-7-3-10(4-8-12)14(18)19/h1-8H,(H,16,17)(H,18,19). The van der Waals surface area contributed by atoms with Gasteiger partial charge in [-0.1, -0.05) is 0 Å². The fourth-order valence-electron chi connectivity index (χ4n) is 1.51. The topological polar surface area (TPSA) is 88.7 Å². The van der Waals surface area contributed by atoms with Crippen LogP contribution in [0.1, 0.15) is 20.7 Å². The van der Waals surface area contributed by atoms with E-state index in [0.717, 1.165) is 0 Å². The van der Waals surface area contributed by atoms with Gasteiger partial charge < -0.3 is 10.2 Å². The number of rotatable bonds is 4. The number of nitrogens with zero attached hydrogens (tertiary/aromatic N) is 1. The highest BCUT2D eigenvalue weighted by Gasteiger charge is 2.04. The Labute approximate surface area is 109 Å². The average molecular weight is 256 g/mol. The lowest BCUT2D eigenvalue weighted by molar-refractivity contribution is 0.0686. The van der Waals surface area contributed by atoms with E-state index >= 15 is 0 Å². The molecule has 0 saturated carbocycles. The molecule has 0 fully saturated rings. The number of carboxylic acids is 2. The number of hydrogen-bond donors (Lipinski definition) is 2. The van der Waals surface area contributed by atoms with E-state index in [1.165, 1.54) is 24.3 Å². The molecule has 5 heteroatoms. The Balaban J connectivity index is 2.12. The lowest BCUT2D eigenvalue weighted by Crippen LogP contribution is -1.97. The zero-order valence-electron chi connectivity index (χ0n) is 9.78. The highest BCUT2D eigenvalue weighted by molar-refractivity contribution is 5.88. The molecule has 0 bridgehead atoms. The van der Waals surface area contributed by atoms with Crippen LogP contribution in [0.4, 0.5) is 11.4 Å². The minimum Gasteiger partial charge on any atom is -0.478 e. The number of benzene rings is 2. The first-order chi connectivity index (χ1) is 9.06. The third-order valence-corrected chi connectivity index (χ3v) is 2.49. The normalized spacial score (nSPS) is 9.89. The molecule has 0 amide bonds. The van der Waals surface area contributed by atoms with E-state index in [2.05, 4.69) is 5.32 Å². The van der Waals surface area contributed by atoms with Crippen LogP contribution < -0.4 is 5.32 Å². The zero-order chi connectivity index (χ0) is 13.8. The molecule has 0 spiro atoms. The van der Waals surface area contributed by atoms with Gasteiger partial charge in [0.05, 0.1) is 22.5 Å². The first kappa shape index (κ1) is 12.6. The predicted octanol–water partition coefficient (Wildman–Crippen LogP) is 2.65. The van der Waals surface area contributed by atoms with Crippen LogP contribution in [-0.2, 0) is 0 Å². The van der Waals surface area contributed by atoms with Gasteiger partial charge in [0.1, 0.15) is 0 Å². The van der Waals surface area contributed by atoms with Crippen molar-refractivity contribution >= 4 is 23.3 Å². The Bertz CT molecular complexity index is 547. The summed E-state index contributed by atoms with van der Waals surface area (Å²) in [5.74, 6) is -1.98. The molecule has 2 aromatic rings. The van der Waals surface area contributed by atoms with Crippen LogP contribution in [0.5, 0.6) is 0 Å².